The molecule has 0 saturated heterocycles. The van der Waals surface area contributed by atoms with E-state index in [4.69, 9.17) is 9.47 Å². The molecular formula is C22H30N4O5. The van der Waals surface area contributed by atoms with Gasteiger partial charge in [-0.1, -0.05) is 33.8 Å². The van der Waals surface area contributed by atoms with Gasteiger partial charge >= 0.3 is 12.1 Å². The molecule has 2 aromatic rings. The fraction of sp³-hybridized carbons (Fsp3) is 0.455. The van der Waals surface area contributed by atoms with Crippen molar-refractivity contribution in [1.82, 2.24) is 15.3 Å². The molecule has 1 heterocycles. The predicted molar refractivity (Wildman–Crippen MR) is 117 cm³/mol. The average Bonchev–Trinajstić information content (AvgIpc) is 2.69. The molecule has 0 radical (unpaired) electrons. The second-order valence-corrected chi connectivity index (χ2v) is 8.11. The van der Waals surface area contributed by atoms with Gasteiger partial charge in [0, 0.05) is 6.07 Å². The van der Waals surface area contributed by atoms with E-state index in [1.54, 1.807) is 39.8 Å². The van der Waals surface area contributed by atoms with Crippen LogP contribution < -0.4 is 20.1 Å². The Bertz CT molecular complexity index is 924. The molecular weight excluding hydrogens is 400 g/mol. The quantitative estimate of drug-likeness (QED) is 0.568. The number of anilines is 1. The highest BCUT2D eigenvalue weighted by atomic mass is 16.5. The van der Waals surface area contributed by atoms with Crippen molar-refractivity contribution in [2.45, 2.75) is 53.5 Å². The Hall–Kier alpha value is -3.36. The third-order valence-corrected chi connectivity index (χ3v) is 5.07. The van der Waals surface area contributed by atoms with Crippen molar-refractivity contribution < 1.29 is 24.2 Å². The third kappa shape index (κ3) is 5.62. The lowest BCUT2D eigenvalue weighted by Gasteiger charge is -2.42. The van der Waals surface area contributed by atoms with Crippen LogP contribution in [0.2, 0.25) is 0 Å². The Kier molecular flexibility index (Phi) is 7.43. The zero-order valence-electron chi connectivity index (χ0n) is 18.8. The Balaban J connectivity index is 2.17. The van der Waals surface area contributed by atoms with Gasteiger partial charge in [0.2, 0.25) is 0 Å². The first kappa shape index (κ1) is 23.9. The number of hydrogen-bond acceptors (Lipinski definition) is 6. The summed E-state index contributed by atoms with van der Waals surface area (Å²) < 4.78 is 11.2. The summed E-state index contributed by atoms with van der Waals surface area (Å²) in [5, 5.41) is 14.4. The minimum Gasteiger partial charge on any atom is -0.493 e. The van der Waals surface area contributed by atoms with Gasteiger partial charge in [-0.05, 0) is 37.3 Å². The summed E-state index contributed by atoms with van der Waals surface area (Å²) in [6, 6.07) is 5.52. The highest BCUT2D eigenvalue weighted by Crippen LogP contribution is 2.34. The molecule has 1 atom stereocenters. The van der Waals surface area contributed by atoms with E-state index in [9.17, 15) is 14.7 Å². The number of aromatic nitrogens is 2. The summed E-state index contributed by atoms with van der Waals surface area (Å²) in [7, 11) is 0. The molecule has 31 heavy (non-hydrogen) atoms. The maximum atomic E-state index is 13.0. The number of nitrogens with zero attached hydrogens (tertiary/aromatic N) is 2. The van der Waals surface area contributed by atoms with Crippen molar-refractivity contribution in [3.63, 3.8) is 0 Å². The van der Waals surface area contributed by atoms with E-state index in [1.807, 2.05) is 19.9 Å². The van der Waals surface area contributed by atoms with Crippen LogP contribution in [0.5, 0.6) is 17.5 Å². The molecule has 0 aliphatic heterocycles. The molecule has 9 nitrogen and oxygen atoms in total. The number of carbonyl (C=O) groups is 2. The Morgan fingerprint density at radius 1 is 1.13 bits per heavy atom. The van der Waals surface area contributed by atoms with E-state index in [1.165, 1.54) is 12.4 Å². The number of hydrogen-bond donors (Lipinski definition) is 3. The highest BCUT2D eigenvalue weighted by Gasteiger charge is 2.48. The number of aryl methyl sites for hydroxylation is 1. The summed E-state index contributed by atoms with van der Waals surface area (Å²) in [4.78, 5) is 32.6. The van der Waals surface area contributed by atoms with Gasteiger partial charge < -0.3 is 25.2 Å². The Labute approximate surface area is 182 Å². The lowest BCUT2D eigenvalue weighted by molar-refractivity contribution is -0.126. The van der Waals surface area contributed by atoms with Crippen molar-refractivity contribution in [2.24, 2.45) is 5.41 Å². The summed E-state index contributed by atoms with van der Waals surface area (Å²) in [5.41, 5.74) is -0.685. The molecule has 1 aromatic carbocycles. The minimum atomic E-state index is -1.33. The number of benzene rings is 1. The molecule has 0 aliphatic carbocycles. The van der Waals surface area contributed by atoms with Gasteiger partial charge in [-0.15, -0.1) is 0 Å². The number of amides is 2. The van der Waals surface area contributed by atoms with E-state index in [0.29, 0.717) is 23.8 Å². The van der Waals surface area contributed by atoms with Gasteiger partial charge in [-0.25, -0.2) is 14.8 Å². The van der Waals surface area contributed by atoms with Crippen LogP contribution in [0, 0.1) is 12.3 Å². The van der Waals surface area contributed by atoms with Crippen molar-refractivity contribution in [1.29, 1.82) is 0 Å². The predicted octanol–water partition coefficient (Wildman–Crippen LogP) is 4.38. The number of nitrogens with one attached hydrogen (secondary N) is 2. The van der Waals surface area contributed by atoms with Crippen LogP contribution in [0.1, 0.15) is 46.6 Å². The van der Waals surface area contributed by atoms with E-state index in [-0.39, 0.29) is 12.4 Å². The second kappa shape index (κ2) is 9.63. The molecule has 0 saturated carbocycles. The van der Waals surface area contributed by atoms with Gasteiger partial charge in [-0.3, -0.25) is 4.79 Å². The summed E-state index contributed by atoms with van der Waals surface area (Å²) in [6.07, 6.45) is 1.81. The smallest absolute Gasteiger partial charge is 0.405 e. The molecule has 0 bridgehead atoms. The van der Waals surface area contributed by atoms with E-state index < -0.39 is 23.0 Å². The summed E-state index contributed by atoms with van der Waals surface area (Å²) in [5.74, 6) is 0.754. The van der Waals surface area contributed by atoms with Gasteiger partial charge in [0.15, 0.2) is 0 Å². The molecule has 0 aliphatic rings. The normalized spacial score (nSPS) is 13.1. The zero-order valence-corrected chi connectivity index (χ0v) is 18.8. The SMILES string of the molecule is CCOc1cc(Oc2ncc(NC(=O)[C@](CC)(NC(=O)O)C(C)(C)C)cn2)ccc1C. The first-order valence-electron chi connectivity index (χ1n) is 10.1. The molecule has 2 rings (SSSR count). The lowest BCUT2D eigenvalue weighted by Crippen LogP contribution is -2.63. The Morgan fingerprint density at radius 2 is 1.77 bits per heavy atom. The first-order chi connectivity index (χ1) is 14.5. The summed E-state index contributed by atoms with van der Waals surface area (Å²) in [6.45, 7) is 11.6. The molecule has 9 heteroatoms. The van der Waals surface area contributed by atoms with E-state index in [2.05, 4.69) is 20.6 Å². The molecule has 3 N–H and O–H groups in total. The second-order valence-electron chi connectivity index (χ2n) is 8.11. The van der Waals surface area contributed by atoms with Crippen molar-refractivity contribution >= 4 is 17.7 Å². The average molecular weight is 431 g/mol. The monoisotopic (exact) mass is 430 g/mol. The first-order valence-corrected chi connectivity index (χ1v) is 10.1. The Morgan fingerprint density at radius 3 is 2.29 bits per heavy atom. The van der Waals surface area contributed by atoms with Crippen LogP contribution in [0.25, 0.3) is 0 Å². The van der Waals surface area contributed by atoms with Gasteiger partial charge in [0.05, 0.1) is 24.7 Å². The van der Waals surface area contributed by atoms with E-state index >= 15 is 0 Å². The van der Waals surface area contributed by atoms with Crippen LogP contribution in [0.15, 0.2) is 30.6 Å². The van der Waals surface area contributed by atoms with Crippen LogP contribution in [-0.2, 0) is 4.79 Å². The number of carboxylic acid groups (broad SMARTS) is 1. The zero-order chi connectivity index (χ0) is 23.2. The van der Waals surface area contributed by atoms with Crippen LogP contribution in [0.4, 0.5) is 10.5 Å². The van der Waals surface area contributed by atoms with Gasteiger partial charge in [0.1, 0.15) is 17.0 Å². The number of ether oxygens (including phenoxy) is 2. The largest absolute Gasteiger partial charge is 0.493 e. The molecule has 0 unspecified atom stereocenters. The van der Waals surface area contributed by atoms with Crippen molar-refractivity contribution in [3.8, 4) is 17.5 Å². The number of rotatable bonds is 8. The molecule has 2 amide bonds. The van der Waals surface area contributed by atoms with Crippen LogP contribution >= 0.6 is 0 Å². The lowest BCUT2D eigenvalue weighted by atomic mass is 9.71. The maximum Gasteiger partial charge on any atom is 0.405 e. The molecule has 0 spiro atoms. The summed E-state index contributed by atoms with van der Waals surface area (Å²) >= 11 is 0. The standard InChI is InChI=1S/C22H30N4O5/c1-7-22(21(4,5)6,26-20(28)29)18(27)25-15-12-23-19(24-13-15)31-16-10-9-14(3)17(11-16)30-8-2/h9-13,26H,7-8H2,1-6H3,(H,25,27)(H,28,29)/t22-/m0/s1. The van der Waals surface area contributed by atoms with Crippen LogP contribution in [0.3, 0.4) is 0 Å². The highest BCUT2D eigenvalue weighted by molar-refractivity contribution is 6.00. The molecule has 168 valence electrons. The topological polar surface area (TPSA) is 123 Å². The van der Waals surface area contributed by atoms with E-state index in [0.717, 1.165) is 5.56 Å². The van der Waals surface area contributed by atoms with Gasteiger partial charge in [0.25, 0.3) is 5.91 Å². The van der Waals surface area contributed by atoms with Crippen molar-refractivity contribution in [2.75, 3.05) is 11.9 Å². The molecule has 0 fully saturated rings. The maximum absolute atomic E-state index is 13.0. The van der Waals surface area contributed by atoms with Gasteiger partial charge in [-0.2, -0.15) is 0 Å². The fourth-order valence-corrected chi connectivity index (χ4v) is 3.28. The third-order valence-electron chi connectivity index (χ3n) is 5.07. The van der Waals surface area contributed by atoms with Crippen molar-refractivity contribution in [3.05, 3.63) is 36.2 Å². The number of carbonyl (C=O) groups excluding carboxylic acids is 1. The minimum absolute atomic E-state index is 0.102. The van der Waals surface area contributed by atoms with Crippen LogP contribution in [-0.4, -0.2) is 39.2 Å². The fourth-order valence-electron chi connectivity index (χ4n) is 3.28. The molecule has 1 aromatic heterocycles.